The lowest BCUT2D eigenvalue weighted by molar-refractivity contribution is -0.140. The number of unbranched alkanes of at least 4 members (excludes halogenated alkanes) is 1. The summed E-state index contributed by atoms with van der Waals surface area (Å²) in [5.41, 5.74) is 1.03. The number of carbonyl (C=O) groups is 2. The summed E-state index contributed by atoms with van der Waals surface area (Å²) in [5.74, 6) is -0.0850. The number of benzene rings is 1. The summed E-state index contributed by atoms with van der Waals surface area (Å²) in [6.07, 6.45) is 2.40. The van der Waals surface area contributed by atoms with E-state index in [1.807, 2.05) is 37.3 Å². The van der Waals surface area contributed by atoms with Crippen LogP contribution in [-0.4, -0.2) is 29.3 Å². The van der Waals surface area contributed by atoms with Gasteiger partial charge in [0.2, 0.25) is 11.8 Å². The van der Waals surface area contributed by atoms with Crippen molar-refractivity contribution >= 4 is 11.8 Å². The molecule has 0 heterocycles. The van der Waals surface area contributed by atoms with Gasteiger partial charge in [-0.15, -0.1) is 0 Å². The van der Waals surface area contributed by atoms with Crippen LogP contribution in [0.15, 0.2) is 30.3 Å². The molecule has 116 valence electrons. The third kappa shape index (κ3) is 5.58. The Morgan fingerprint density at radius 2 is 1.86 bits per heavy atom. The first-order chi connectivity index (χ1) is 10.1. The van der Waals surface area contributed by atoms with Crippen molar-refractivity contribution in [1.82, 2.24) is 10.2 Å². The fraction of sp³-hybridized carbons (Fsp3) is 0.529. The van der Waals surface area contributed by atoms with Crippen LogP contribution in [0.25, 0.3) is 0 Å². The van der Waals surface area contributed by atoms with E-state index in [2.05, 4.69) is 12.2 Å². The minimum atomic E-state index is -0.450. The minimum Gasteiger partial charge on any atom is -0.354 e. The lowest BCUT2D eigenvalue weighted by atomic mass is 10.1. The Morgan fingerprint density at radius 1 is 1.19 bits per heavy atom. The normalized spacial score (nSPS) is 11.8. The van der Waals surface area contributed by atoms with E-state index in [4.69, 9.17) is 0 Å². The number of rotatable bonds is 8. The van der Waals surface area contributed by atoms with Crippen molar-refractivity contribution in [2.24, 2.45) is 0 Å². The topological polar surface area (TPSA) is 49.4 Å². The lowest BCUT2D eigenvalue weighted by Crippen LogP contribution is -2.47. The first-order valence-electron chi connectivity index (χ1n) is 7.71. The van der Waals surface area contributed by atoms with E-state index in [0.717, 1.165) is 18.4 Å². The SMILES string of the molecule is CCCCNC(=O)[C@@H](C)N(Cc1ccccc1)C(=O)CC. The number of amides is 2. The summed E-state index contributed by atoms with van der Waals surface area (Å²) < 4.78 is 0. The standard InChI is InChI=1S/C17H26N2O2/c1-4-6-12-18-17(21)14(3)19(16(20)5-2)13-15-10-8-7-9-11-15/h7-11,14H,4-6,12-13H2,1-3H3,(H,18,21)/t14-/m1/s1. The second kappa shape index (κ2) is 9.16. The molecule has 1 N–H and O–H groups in total. The van der Waals surface area contributed by atoms with E-state index in [1.165, 1.54) is 0 Å². The van der Waals surface area contributed by atoms with Gasteiger partial charge in [-0.2, -0.15) is 0 Å². The van der Waals surface area contributed by atoms with Crippen LogP contribution in [0.4, 0.5) is 0 Å². The number of carbonyl (C=O) groups excluding carboxylic acids is 2. The van der Waals surface area contributed by atoms with Crippen molar-refractivity contribution in [2.75, 3.05) is 6.54 Å². The summed E-state index contributed by atoms with van der Waals surface area (Å²) in [5, 5.41) is 2.90. The van der Waals surface area contributed by atoms with Crippen LogP contribution in [-0.2, 0) is 16.1 Å². The maximum atomic E-state index is 12.2. The molecule has 0 saturated heterocycles. The number of nitrogens with zero attached hydrogens (tertiary/aromatic N) is 1. The predicted molar refractivity (Wildman–Crippen MR) is 84.7 cm³/mol. The molecule has 0 aliphatic heterocycles. The van der Waals surface area contributed by atoms with Crippen LogP contribution < -0.4 is 5.32 Å². The molecule has 0 saturated carbocycles. The third-order valence-corrected chi connectivity index (χ3v) is 3.50. The van der Waals surface area contributed by atoms with E-state index >= 15 is 0 Å². The van der Waals surface area contributed by atoms with Gasteiger partial charge < -0.3 is 10.2 Å². The van der Waals surface area contributed by atoms with Crippen LogP contribution in [0, 0.1) is 0 Å². The molecule has 1 rings (SSSR count). The highest BCUT2D eigenvalue weighted by Crippen LogP contribution is 2.10. The minimum absolute atomic E-state index is 0.00278. The van der Waals surface area contributed by atoms with Crippen LogP contribution in [0.1, 0.15) is 45.6 Å². The molecule has 0 aromatic heterocycles. The third-order valence-electron chi connectivity index (χ3n) is 3.50. The Morgan fingerprint density at radius 3 is 2.43 bits per heavy atom. The van der Waals surface area contributed by atoms with Crippen molar-refractivity contribution in [1.29, 1.82) is 0 Å². The van der Waals surface area contributed by atoms with Gasteiger partial charge in [-0.25, -0.2) is 0 Å². The largest absolute Gasteiger partial charge is 0.354 e. The summed E-state index contributed by atoms with van der Waals surface area (Å²) in [6.45, 7) is 6.83. The van der Waals surface area contributed by atoms with Gasteiger partial charge in [0.05, 0.1) is 0 Å². The highest BCUT2D eigenvalue weighted by atomic mass is 16.2. The summed E-state index contributed by atoms with van der Waals surface area (Å²) in [7, 11) is 0. The number of nitrogens with one attached hydrogen (secondary N) is 1. The smallest absolute Gasteiger partial charge is 0.242 e. The molecule has 0 aliphatic rings. The second-order valence-electron chi connectivity index (χ2n) is 5.18. The average Bonchev–Trinajstić information content (AvgIpc) is 2.52. The zero-order valence-electron chi connectivity index (χ0n) is 13.3. The quantitative estimate of drug-likeness (QED) is 0.748. The van der Waals surface area contributed by atoms with Gasteiger partial charge in [0, 0.05) is 19.5 Å². The molecular weight excluding hydrogens is 264 g/mol. The van der Waals surface area contributed by atoms with Crippen LogP contribution in [0.5, 0.6) is 0 Å². The van der Waals surface area contributed by atoms with Crippen molar-refractivity contribution in [3.05, 3.63) is 35.9 Å². The van der Waals surface area contributed by atoms with E-state index < -0.39 is 6.04 Å². The molecule has 1 atom stereocenters. The lowest BCUT2D eigenvalue weighted by Gasteiger charge is -2.28. The number of hydrogen-bond donors (Lipinski definition) is 1. The van der Waals surface area contributed by atoms with Crippen LogP contribution >= 0.6 is 0 Å². The summed E-state index contributed by atoms with van der Waals surface area (Å²) in [4.78, 5) is 26.0. The van der Waals surface area contributed by atoms with Gasteiger partial charge in [0.25, 0.3) is 0 Å². The fourth-order valence-electron chi connectivity index (χ4n) is 2.10. The van der Waals surface area contributed by atoms with Gasteiger partial charge in [0.1, 0.15) is 6.04 Å². The summed E-state index contributed by atoms with van der Waals surface area (Å²) >= 11 is 0. The molecule has 4 heteroatoms. The van der Waals surface area contributed by atoms with Crippen molar-refractivity contribution in [2.45, 2.75) is 52.6 Å². The van der Waals surface area contributed by atoms with E-state index in [9.17, 15) is 9.59 Å². The molecule has 0 spiro atoms. The molecule has 1 aromatic carbocycles. The van der Waals surface area contributed by atoms with Gasteiger partial charge in [-0.05, 0) is 18.9 Å². The predicted octanol–water partition coefficient (Wildman–Crippen LogP) is 2.73. The first-order valence-corrected chi connectivity index (χ1v) is 7.71. The first kappa shape index (κ1) is 17.2. The average molecular weight is 290 g/mol. The van der Waals surface area contributed by atoms with Gasteiger partial charge in [-0.3, -0.25) is 9.59 Å². The zero-order chi connectivity index (χ0) is 15.7. The molecule has 0 aliphatic carbocycles. The van der Waals surface area contributed by atoms with Gasteiger partial charge in [-0.1, -0.05) is 50.6 Å². The van der Waals surface area contributed by atoms with Crippen molar-refractivity contribution < 1.29 is 9.59 Å². The Bertz CT molecular complexity index is 445. The zero-order valence-corrected chi connectivity index (χ0v) is 13.3. The Labute approximate surface area is 127 Å². The summed E-state index contributed by atoms with van der Waals surface area (Å²) in [6, 6.07) is 9.31. The molecule has 0 radical (unpaired) electrons. The molecule has 0 fully saturated rings. The Hall–Kier alpha value is -1.84. The molecule has 4 nitrogen and oxygen atoms in total. The van der Waals surface area contributed by atoms with Gasteiger partial charge in [0.15, 0.2) is 0 Å². The van der Waals surface area contributed by atoms with Crippen LogP contribution in [0.3, 0.4) is 0 Å². The second-order valence-corrected chi connectivity index (χ2v) is 5.18. The molecule has 0 unspecified atom stereocenters. The number of hydrogen-bond acceptors (Lipinski definition) is 2. The van der Waals surface area contributed by atoms with Crippen molar-refractivity contribution in [3.63, 3.8) is 0 Å². The molecule has 0 bridgehead atoms. The van der Waals surface area contributed by atoms with E-state index in [1.54, 1.807) is 11.8 Å². The van der Waals surface area contributed by atoms with Crippen molar-refractivity contribution in [3.8, 4) is 0 Å². The molecular formula is C17H26N2O2. The van der Waals surface area contributed by atoms with Gasteiger partial charge >= 0.3 is 0 Å². The maximum absolute atomic E-state index is 12.2. The fourth-order valence-corrected chi connectivity index (χ4v) is 2.10. The molecule has 21 heavy (non-hydrogen) atoms. The highest BCUT2D eigenvalue weighted by molar-refractivity contribution is 5.87. The maximum Gasteiger partial charge on any atom is 0.242 e. The highest BCUT2D eigenvalue weighted by Gasteiger charge is 2.24. The van der Waals surface area contributed by atoms with E-state index in [0.29, 0.717) is 19.5 Å². The monoisotopic (exact) mass is 290 g/mol. The molecule has 1 aromatic rings. The molecule has 2 amide bonds. The van der Waals surface area contributed by atoms with E-state index in [-0.39, 0.29) is 11.8 Å². The Balaban J connectivity index is 2.72. The van der Waals surface area contributed by atoms with Crippen LogP contribution in [0.2, 0.25) is 0 Å². The Kier molecular flexibility index (Phi) is 7.51.